The van der Waals surface area contributed by atoms with Gasteiger partial charge in [-0.25, -0.2) is 9.59 Å². The number of hydrogen-bond acceptors (Lipinski definition) is 4. The number of amides is 3. The molecule has 1 aromatic rings. The Morgan fingerprint density at radius 2 is 1.91 bits per heavy atom. The van der Waals surface area contributed by atoms with Crippen molar-refractivity contribution in [3.05, 3.63) is 34.9 Å². The first kappa shape index (κ1) is 17.7. The maximum absolute atomic E-state index is 11.9. The number of aryl methyl sites for hydroxylation is 2. The van der Waals surface area contributed by atoms with Crippen molar-refractivity contribution in [1.29, 1.82) is 0 Å². The fraction of sp³-hybridized carbons (Fsp3) is 0.438. The van der Waals surface area contributed by atoms with E-state index in [1.54, 1.807) is 19.1 Å². The van der Waals surface area contributed by atoms with Crippen molar-refractivity contribution >= 4 is 17.9 Å². The lowest BCUT2D eigenvalue weighted by Gasteiger charge is -2.12. The summed E-state index contributed by atoms with van der Waals surface area (Å²) in [5.74, 6) is -1.26. The molecule has 120 valence electrons. The molecule has 0 aliphatic carbocycles. The molecule has 0 radical (unpaired) electrons. The minimum absolute atomic E-state index is 0.0365. The molecule has 3 amide bonds. The van der Waals surface area contributed by atoms with Gasteiger partial charge in [-0.3, -0.25) is 10.1 Å². The van der Waals surface area contributed by atoms with Gasteiger partial charge in [0.2, 0.25) is 0 Å². The molecule has 1 rings (SSSR count). The van der Waals surface area contributed by atoms with Crippen molar-refractivity contribution in [2.45, 2.75) is 40.2 Å². The minimum Gasteiger partial charge on any atom is -0.452 e. The third-order valence-corrected chi connectivity index (χ3v) is 3.18. The minimum atomic E-state index is -0.668. The topological polar surface area (TPSA) is 84.5 Å². The number of rotatable bonds is 5. The maximum atomic E-state index is 11.9. The van der Waals surface area contributed by atoms with Crippen LogP contribution in [0.4, 0.5) is 4.79 Å². The molecule has 0 aliphatic heterocycles. The van der Waals surface area contributed by atoms with Crippen molar-refractivity contribution in [3.63, 3.8) is 0 Å². The van der Waals surface area contributed by atoms with Crippen LogP contribution in [0.25, 0.3) is 0 Å². The smallest absolute Gasteiger partial charge is 0.338 e. The molecule has 6 heteroatoms. The Hall–Kier alpha value is -2.37. The third-order valence-electron chi connectivity index (χ3n) is 3.18. The van der Waals surface area contributed by atoms with Gasteiger partial charge in [-0.2, -0.15) is 0 Å². The van der Waals surface area contributed by atoms with Crippen LogP contribution in [-0.2, 0) is 9.53 Å². The Morgan fingerprint density at radius 3 is 2.50 bits per heavy atom. The monoisotopic (exact) mass is 306 g/mol. The molecule has 2 N–H and O–H groups in total. The molecule has 1 aromatic carbocycles. The van der Waals surface area contributed by atoms with Crippen LogP contribution in [0.1, 0.15) is 41.8 Å². The summed E-state index contributed by atoms with van der Waals surface area (Å²) < 4.78 is 4.91. The summed E-state index contributed by atoms with van der Waals surface area (Å²) in [7, 11) is 0. The summed E-state index contributed by atoms with van der Waals surface area (Å²) in [4.78, 5) is 34.9. The van der Waals surface area contributed by atoms with Crippen molar-refractivity contribution in [1.82, 2.24) is 10.6 Å². The van der Waals surface area contributed by atoms with Crippen LogP contribution in [0.15, 0.2) is 18.2 Å². The second-order valence-corrected chi connectivity index (χ2v) is 5.23. The summed E-state index contributed by atoms with van der Waals surface area (Å²) in [5.41, 5.74) is 2.22. The second kappa shape index (κ2) is 8.17. The lowest BCUT2D eigenvalue weighted by atomic mass is 10.1. The van der Waals surface area contributed by atoms with Gasteiger partial charge >= 0.3 is 12.0 Å². The van der Waals surface area contributed by atoms with Gasteiger partial charge in [0.1, 0.15) is 0 Å². The van der Waals surface area contributed by atoms with Crippen LogP contribution >= 0.6 is 0 Å². The van der Waals surface area contributed by atoms with Gasteiger partial charge in [-0.1, -0.05) is 24.6 Å². The molecular formula is C16H22N2O4. The van der Waals surface area contributed by atoms with Gasteiger partial charge in [0.15, 0.2) is 6.61 Å². The molecule has 0 heterocycles. The quantitative estimate of drug-likeness (QED) is 0.816. The van der Waals surface area contributed by atoms with E-state index in [1.807, 2.05) is 26.8 Å². The summed E-state index contributed by atoms with van der Waals surface area (Å²) >= 11 is 0. The highest BCUT2D eigenvalue weighted by Crippen LogP contribution is 2.11. The average molecular weight is 306 g/mol. The first-order chi connectivity index (χ1) is 10.3. The molecule has 0 fully saturated rings. The van der Waals surface area contributed by atoms with Crippen LogP contribution in [0.2, 0.25) is 0 Å². The molecule has 22 heavy (non-hydrogen) atoms. The summed E-state index contributed by atoms with van der Waals surface area (Å²) in [6, 6.07) is 4.67. The van der Waals surface area contributed by atoms with E-state index < -0.39 is 24.5 Å². The number of benzene rings is 1. The molecule has 0 aromatic heterocycles. The van der Waals surface area contributed by atoms with E-state index in [-0.39, 0.29) is 6.04 Å². The normalized spacial score (nSPS) is 11.5. The lowest BCUT2D eigenvalue weighted by molar-refractivity contribution is -0.123. The Morgan fingerprint density at radius 1 is 1.23 bits per heavy atom. The molecule has 0 aliphatic rings. The fourth-order valence-electron chi connectivity index (χ4n) is 1.78. The summed E-state index contributed by atoms with van der Waals surface area (Å²) in [6.07, 6.45) is 0.753. The van der Waals surface area contributed by atoms with Crippen molar-refractivity contribution in [3.8, 4) is 0 Å². The molecular weight excluding hydrogens is 284 g/mol. The predicted octanol–water partition coefficient (Wildman–Crippen LogP) is 2.08. The van der Waals surface area contributed by atoms with Crippen molar-refractivity contribution < 1.29 is 19.1 Å². The number of esters is 1. The number of carbonyl (C=O) groups excluding carboxylic acids is 3. The predicted molar refractivity (Wildman–Crippen MR) is 82.6 cm³/mol. The van der Waals surface area contributed by atoms with Gasteiger partial charge < -0.3 is 10.1 Å². The van der Waals surface area contributed by atoms with E-state index in [9.17, 15) is 14.4 Å². The molecule has 6 nitrogen and oxygen atoms in total. The second-order valence-electron chi connectivity index (χ2n) is 5.23. The Labute approximate surface area is 130 Å². The maximum Gasteiger partial charge on any atom is 0.338 e. The van der Waals surface area contributed by atoms with Gasteiger partial charge in [0.25, 0.3) is 5.91 Å². The van der Waals surface area contributed by atoms with Gasteiger partial charge in [-0.05, 0) is 38.8 Å². The highest BCUT2D eigenvalue weighted by Gasteiger charge is 2.14. The Kier molecular flexibility index (Phi) is 6.56. The van der Waals surface area contributed by atoms with E-state index in [1.165, 1.54) is 0 Å². The number of imide groups is 1. The molecule has 0 bridgehead atoms. The van der Waals surface area contributed by atoms with Crippen molar-refractivity contribution in [2.75, 3.05) is 6.61 Å². The van der Waals surface area contributed by atoms with E-state index in [2.05, 4.69) is 10.6 Å². The number of hydrogen-bond donors (Lipinski definition) is 2. The SMILES string of the molecule is CC[C@H](C)NC(=O)NC(=O)COC(=O)c1ccc(C)cc1C. The van der Waals surface area contributed by atoms with E-state index >= 15 is 0 Å². The molecule has 0 spiro atoms. The van der Waals surface area contributed by atoms with Gasteiger partial charge in [-0.15, -0.1) is 0 Å². The average Bonchev–Trinajstić information content (AvgIpc) is 2.44. The zero-order chi connectivity index (χ0) is 16.7. The standard InChI is InChI=1S/C16H22N2O4/c1-5-12(4)17-16(21)18-14(19)9-22-15(20)13-7-6-10(2)8-11(13)3/h6-8,12H,5,9H2,1-4H3,(H2,17,18,19,21)/t12-/m0/s1. The van der Waals surface area contributed by atoms with Crippen LogP contribution in [0.3, 0.4) is 0 Å². The fourth-order valence-corrected chi connectivity index (χ4v) is 1.78. The largest absolute Gasteiger partial charge is 0.452 e. The zero-order valence-electron chi connectivity index (χ0n) is 13.4. The highest BCUT2D eigenvalue weighted by atomic mass is 16.5. The summed E-state index contributed by atoms with van der Waals surface area (Å²) in [5, 5.41) is 4.69. The van der Waals surface area contributed by atoms with Crippen LogP contribution in [-0.4, -0.2) is 30.6 Å². The van der Waals surface area contributed by atoms with Crippen LogP contribution < -0.4 is 10.6 Å². The molecule has 0 unspecified atom stereocenters. The van der Waals surface area contributed by atoms with E-state index in [0.717, 1.165) is 17.5 Å². The van der Waals surface area contributed by atoms with E-state index in [0.29, 0.717) is 5.56 Å². The van der Waals surface area contributed by atoms with Gasteiger partial charge in [0.05, 0.1) is 5.56 Å². The first-order valence-corrected chi connectivity index (χ1v) is 7.18. The van der Waals surface area contributed by atoms with Crippen LogP contribution in [0.5, 0.6) is 0 Å². The van der Waals surface area contributed by atoms with E-state index in [4.69, 9.17) is 4.74 Å². The lowest BCUT2D eigenvalue weighted by Crippen LogP contribution is -2.44. The number of ether oxygens (including phenoxy) is 1. The van der Waals surface area contributed by atoms with Crippen molar-refractivity contribution in [2.24, 2.45) is 0 Å². The Balaban J connectivity index is 2.46. The molecule has 1 atom stereocenters. The number of nitrogens with one attached hydrogen (secondary N) is 2. The van der Waals surface area contributed by atoms with Gasteiger partial charge in [0, 0.05) is 6.04 Å². The molecule has 0 saturated heterocycles. The zero-order valence-corrected chi connectivity index (χ0v) is 13.4. The third kappa shape index (κ3) is 5.55. The highest BCUT2D eigenvalue weighted by molar-refractivity contribution is 5.97. The Bertz CT molecular complexity index is 569. The molecule has 0 saturated carbocycles. The number of urea groups is 1. The number of carbonyl (C=O) groups is 3. The van der Waals surface area contributed by atoms with Crippen LogP contribution in [0, 0.1) is 13.8 Å². The first-order valence-electron chi connectivity index (χ1n) is 7.18. The summed E-state index contributed by atoms with van der Waals surface area (Å²) in [6.45, 7) is 6.96.